The van der Waals surface area contributed by atoms with Gasteiger partial charge in [0.15, 0.2) is 23.0 Å². The van der Waals surface area contributed by atoms with Gasteiger partial charge >= 0.3 is 0 Å². The van der Waals surface area contributed by atoms with Crippen molar-refractivity contribution < 1.29 is 28.6 Å². The minimum atomic E-state index is -0.834. The van der Waals surface area contributed by atoms with Crippen LogP contribution in [-0.4, -0.2) is 34.9 Å². The van der Waals surface area contributed by atoms with Gasteiger partial charge in [-0.1, -0.05) is 50.2 Å². The van der Waals surface area contributed by atoms with E-state index in [9.17, 15) is 14.7 Å². The van der Waals surface area contributed by atoms with E-state index in [0.29, 0.717) is 36.2 Å². The number of rotatable bonds is 11. The molecule has 0 bridgehead atoms. The zero-order valence-corrected chi connectivity index (χ0v) is 20.8. The molecule has 1 N–H and O–H groups in total. The van der Waals surface area contributed by atoms with Crippen LogP contribution in [0.4, 0.5) is 0 Å². The first kappa shape index (κ1) is 25.1. The Morgan fingerprint density at radius 2 is 1.83 bits per heavy atom. The summed E-state index contributed by atoms with van der Waals surface area (Å²) in [5.74, 6) is -0.0776. The highest BCUT2D eigenvalue weighted by Gasteiger charge is 2.44. The molecule has 1 unspecified atom stereocenters. The number of furan rings is 1. The standard InChI is InChI=1S/C29H31NO6/c1-4-34-24-17-21(12-13-22(24)36-16-14-19(2)3)26-25(27(31)23-11-8-15-35-23)28(32)29(33)30(26)18-20-9-6-5-7-10-20/h5-13,15,17,19,26,32H,4,14,16,18H2,1-3H3. The number of nitrogens with zero attached hydrogens (tertiary/aromatic N) is 1. The summed E-state index contributed by atoms with van der Waals surface area (Å²) < 4.78 is 17.1. The van der Waals surface area contributed by atoms with Crippen molar-refractivity contribution in [3.63, 3.8) is 0 Å². The summed E-state index contributed by atoms with van der Waals surface area (Å²) >= 11 is 0. The predicted octanol–water partition coefficient (Wildman–Crippen LogP) is 5.88. The lowest BCUT2D eigenvalue weighted by molar-refractivity contribution is -0.130. The van der Waals surface area contributed by atoms with E-state index in [1.807, 2.05) is 37.3 Å². The van der Waals surface area contributed by atoms with Gasteiger partial charge < -0.3 is 23.9 Å². The Bertz CT molecular complexity index is 1230. The Hall–Kier alpha value is -4.00. The second-order valence-electron chi connectivity index (χ2n) is 9.06. The van der Waals surface area contributed by atoms with Gasteiger partial charge in [-0.3, -0.25) is 9.59 Å². The topological polar surface area (TPSA) is 89.2 Å². The van der Waals surface area contributed by atoms with Crippen molar-refractivity contribution >= 4 is 11.7 Å². The van der Waals surface area contributed by atoms with Crippen LogP contribution in [0.2, 0.25) is 0 Å². The van der Waals surface area contributed by atoms with E-state index in [4.69, 9.17) is 13.9 Å². The van der Waals surface area contributed by atoms with Gasteiger partial charge in [-0.25, -0.2) is 0 Å². The number of Topliss-reactive ketones (excluding diaryl/α,β-unsaturated/α-hetero) is 1. The molecule has 4 rings (SSSR count). The van der Waals surface area contributed by atoms with E-state index < -0.39 is 23.5 Å². The normalized spacial score (nSPS) is 15.6. The molecule has 2 aromatic carbocycles. The van der Waals surface area contributed by atoms with Crippen molar-refractivity contribution in [3.05, 3.63) is 95.1 Å². The van der Waals surface area contributed by atoms with Gasteiger partial charge in [0.25, 0.3) is 5.91 Å². The van der Waals surface area contributed by atoms with Crippen LogP contribution in [0.5, 0.6) is 11.5 Å². The summed E-state index contributed by atoms with van der Waals surface area (Å²) in [7, 11) is 0. The largest absolute Gasteiger partial charge is 0.503 e. The predicted molar refractivity (Wildman–Crippen MR) is 135 cm³/mol. The van der Waals surface area contributed by atoms with Crippen LogP contribution in [0.1, 0.15) is 54.9 Å². The van der Waals surface area contributed by atoms with Crippen LogP contribution >= 0.6 is 0 Å². The zero-order chi connectivity index (χ0) is 25.7. The molecule has 1 atom stereocenters. The van der Waals surface area contributed by atoms with Crippen molar-refractivity contribution in [1.82, 2.24) is 4.90 Å². The Morgan fingerprint density at radius 1 is 1.06 bits per heavy atom. The SMILES string of the molecule is CCOc1cc(C2C(C(=O)c3ccco3)=C(O)C(=O)N2Cc2ccccc2)ccc1OCCC(C)C. The lowest BCUT2D eigenvalue weighted by Crippen LogP contribution is -2.30. The molecule has 0 spiro atoms. The number of amides is 1. The van der Waals surface area contributed by atoms with Crippen LogP contribution < -0.4 is 9.47 Å². The Kier molecular flexibility index (Phi) is 7.78. The maximum absolute atomic E-state index is 13.4. The Labute approximate surface area is 210 Å². The van der Waals surface area contributed by atoms with Crippen LogP contribution in [0.3, 0.4) is 0 Å². The summed E-state index contributed by atoms with van der Waals surface area (Å²) in [5, 5.41) is 10.9. The number of hydrogen-bond donors (Lipinski definition) is 1. The minimum Gasteiger partial charge on any atom is -0.503 e. The van der Waals surface area contributed by atoms with Gasteiger partial charge in [0.1, 0.15) is 0 Å². The highest BCUT2D eigenvalue weighted by atomic mass is 16.5. The highest BCUT2D eigenvalue weighted by molar-refractivity contribution is 6.15. The molecule has 1 amide bonds. The molecule has 1 aliphatic rings. The highest BCUT2D eigenvalue weighted by Crippen LogP contribution is 2.42. The van der Waals surface area contributed by atoms with E-state index in [-0.39, 0.29) is 17.9 Å². The summed E-state index contributed by atoms with van der Waals surface area (Å²) in [6.07, 6.45) is 2.28. The second kappa shape index (κ2) is 11.2. The summed E-state index contributed by atoms with van der Waals surface area (Å²) in [5.41, 5.74) is 1.47. The molecule has 188 valence electrons. The molecular weight excluding hydrogens is 458 g/mol. The molecule has 36 heavy (non-hydrogen) atoms. The molecule has 0 aliphatic carbocycles. The van der Waals surface area contributed by atoms with Crippen molar-refractivity contribution in [2.45, 2.75) is 39.8 Å². The lowest BCUT2D eigenvalue weighted by Gasteiger charge is -2.27. The number of ketones is 1. The summed E-state index contributed by atoms with van der Waals surface area (Å²) in [6.45, 7) is 7.31. The van der Waals surface area contributed by atoms with Gasteiger partial charge in [-0.15, -0.1) is 0 Å². The van der Waals surface area contributed by atoms with Crippen LogP contribution in [0.15, 0.2) is 82.7 Å². The van der Waals surface area contributed by atoms with Crippen molar-refractivity contribution in [3.8, 4) is 11.5 Å². The third-order valence-corrected chi connectivity index (χ3v) is 6.03. The maximum Gasteiger partial charge on any atom is 0.290 e. The molecule has 1 aliphatic heterocycles. The fraction of sp³-hybridized carbons (Fsp3) is 0.310. The van der Waals surface area contributed by atoms with E-state index in [2.05, 4.69) is 13.8 Å². The van der Waals surface area contributed by atoms with Gasteiger partial charge in [0.2, 0.25) is 5.78 Å². The summed E-state index contributed by atoms with van der Waals surface area (Å²) in [4.78, 5) is 28.1. The number of hydrogen-bond acceptors (Lipinski definition) is 6. The molecule has 7 heteroatoms. The average Bonchev–Trinajstić information content (AvgIpc) is 3.49. The minimum absolute atomic E-state index is 0.0261. The first-order chi connectivity index (χ1) is 17.4. The third-order valence-electron chi connectivity index (χ3n) is 6.03. The fourth-order valence-corrected chi connectivity index (χ4v) is 4.20. The number of benzene rings is 2. The smallest absolute Gasteiger partial charge is 0.290 e. The number of aliphatic hydroxyl groups excluding tert-OH is 1. The first-order valence-electron chi connectivity index (χ1n) is 12.2. The number of carbonyl (C=O) groups is 2. The number of aliphatic hydroxyl groups is 1. The molecule has 7 nitrogen and oxygen atoms in total. The van der Waals surface area contributed by atoms with Gasteiger partial charge in [-0.2, -0.15) is 0 Å². The molecule has 0 fully saturated rings. The Morgan fingerprint density at radius 3 is 2.50 bits per heavy atom. The van der Waals surface area contributed by atoms with Gasteiger partial charge in [0, 0.05) is 6.54 Å². The molecule has 0 radical (unpaired) electrons. The quantitative estimate of drug-likeness (QED) is 0.338. The van der Waals surface area contributed by atoms with Crippen LogP contribution in [0, 0.1) is 5.92 Å². The van der Waals surface area contributed by atoms with Gasteiger partial charge in [-0.05, 0) is 54.7 Å². The molecule has 0 saturated carbocycles. The van der Waals surface area contributed by atoms with E-state index in [0.717, 1.165) is 12.0 Å². The fourth-order valence-electron chi connectivity index (χ4n) is 4.20. The van der Waals surface area contributed by atoms with Gasteiger partial charge in [0.05, 0.1) is 31.1 Å². The molecular formula is C29H31NO6. The Balaban J connectivity index is 1.75. The van der Waals surface area contributed by atoms with E-state index in [1.165, 1.54) is 17.2 Å². The van der Waals surface area contributed by atoms with E-state index in [1.54, 1.807) is 24.3 Å². The average molecular weight is 490 g/mol. The van der Waals surface area contributed by atoms with E-state index >= 15 is 0 Å². The molecule has 3 aromatic rings. The second-order valence-corrected chi connectivity index (χ2v) is 9.06. The monoisotopic (exact) mass is 489 g/mol. The zero-order valence-electron chi connectivity index (χ0n) is 20.8. The number of carbonyl (C=O) groups excluding carboxylic acids is 2. The molecule has 1 aromatic heterocycles. The van der Waals surface area contributed by atoms with Crippen molar-refractivity contribution in [2.75, 3.05) is 13.2 Å². The van der Waals surface area contributed by atoms with Crippen LogP contribution in [0.25, 0.3) is 0 Å². The van der Waals surface area contributed by atoms with Crippen LogP contribution in [-0.2, 0) is 11.3 Å². The first-order valence-corrected chi connectivity index (χ1v) is 12.2. The summed E-state index contributed by atoms with van der Waals surface area (Å²) in [6, 6.07) is 17.1. The number of ether oxygens (including phenoxy) is 2. The maximum atomic E-state index is 13.4. The lowest BCUT2D eigenvalue weighted by atomic mass is 9.94. The van der Waals surface area contributed by atoms with Crippen molar-refractivity contribution in [1.29, 1.82) is 0 Å². The third kappa shape index (κ3) is 5.30. The van der Waals surface area contributed by atoms with Crippen molar-refractivity contribution in [2.24, 2.45) is 5.92 Å². The molecule has 0 saturated heterocycles. The molecule has 2 heterocycles.